The summed E-state index contributed by atoms with van der Waals surface area (Å²) in [4.78, 5) is 23.3. The Morgan fingerprint density at radius 3 is 1.88 bits per heavy atom. The lowest BCUT2D eigenvalue weighted by atomic mass is 10.1. The van der Waals surface area contributed by atoms with Gasteiger partial charge < -0.3 is 14.9 Å². The minimum Gasteiger partial charge on any atom is -0.389 e. The molecule has 0 unspecified atom stereocenters. The van der Waals surface area contributed by atoms with Gasteiger partial charge in [-0.1, -0.05) is 0 Å². The van der Waals surface area contributed by atoms with E-state index in [0.29, 0.717) is 18.2 Å². The number of hydrogen-bond acceptors (Lipinski definition) is 5. The highest BCUT2D eigenvalue weighted by Crippen LogP contribution is 2.23. The van der Waals surface area contributed by atoms with Crippen LogP contribution in [0.15, 0.2) is 36.4 Å². The molecule has 0 aliphatic carbocycles. The number of benzene rings is 2. The molecule has 2 rings (SSSR count). The highest BCUT2D eigenvalue weighted by atomic mass is 19.1. The Kier molecular flexibility index (Phi) is 5.50. The summed E-state index contributed by atoms with van der Waals surface area (Å²) in [6.45, 7) is 0. The van der Waals surface area contributed by atoms with Crippen molar-refractivity contribution in [2.24, 2.45) is 0 Å². The Hall–Kier alpha value is -2.78. The molecule has 0 aliphatic rings. The van der Waals surface area contributed by atoms with E-state index in [9.17, 15) is 37.4 Å². The maximum Gasteiger partial charge on any atom is 0.347 e. The van der Waals surface area contributed by atoms with Gasteiger partial charge in [-0.15, -0.1) is 0 Å². The molecular formula is C16H10F4O5. The van der Waals surface area contributed by atoms with Crippen LogP contribution in [0.25, 0.3) is 0 Å². The minimum absolute atomic E-state index is 0.393. The van der Waals surface area contributed by atoms with Crippen LogP contribution in [0.3, 0.4) is 0 Å². The van der Waals surface area contributed by atoms with Crippen molar-refractivity contribution >= 4 is 11.9 Å². The molecule has 0 saturated carbocycles. The molecule has 0 fully saturated rings. The van der Waals surface area contributed by atoms with E-state index >= 15 is 0 Å². The maximum atomic E-state index is 13.5. The zero-order valence-electron chi connectivity index (χ0n) is 12.2. The Morgan fingerprint density at radius 1 is 0.760 bits per heavy atom. The van der Waals surface area contributed by atoms with Crippen LogP contribution in [0.5, 0.6) is 0 Å². The molecule has 0 bridgehead atoms. The summed E-state index contributed by atoms with van der Waals surface area (Å²) in [6.07, 6.45) is -4.65. The van der Waals surface area contributed by atoms with Crippen molar-refractivity contribution in [2.75, 3.05) is 0 Å². The highest BCUT2D eigenvalue weighted by Gasteiger charge is 2.30. The zero-order chi connectivity index (χ0) is 18.7. The van der Waals surface area contributed by atoms with Gasteiger partial charge in [-0.3, -0.25) is 0 Å². The summed E-state index contributed by atoms with van der Waals surface area (Å²) in [5.74, 6) is -7.72. The van der Waals surface area contributed by atoms with Crippen molar-refractivity contribution in [3.8, 4) is 0 Å². The molecule has 0 saturated heterocycles. The van der Waals surface area contributed by atoms with Crippen LogP contribution in [-0.2, 0) is 14.3 Å². The van der Waals surface area contributed by atoms with E-state index in [-0.39, 0.29) is 0 Å². The molecular weight excluding hydrogens is 348 g/mol. The number of rotatable bonds is 4. The van der Waals surface area contributed by atoms with E-state index < -0.39 is 58.5 Å². The molecule has 25 heavy (non-hydrogen) atoms. The summed E-state index contributed by atoms with van der Waals surface area (Å²) >= 11 is 0. The molecule has 0 amide bonds. The first kappa shape index (κ1) is 18.6. The van der Waals surface area contributed by atoms with Gasteiger partial charge in [-0.25, -0.2) is 27.2 Å². The van der Waals surface area contributed by atoms with Crippen LogP contribution in [0.2, 0.25) is 0 Å². The Morgan fingerprint density at radius 2 is 1.28 bits per heavy atom. The third-order valence-corrected chi connectivity index (χ3v) is 3.16. The van der Waals surface area contributed by atoms with Crippen LogP contribution >= 0.6 is 0 Å². The van der Waals surface area contributed by atoms with Gasteiger partial charge in [-0.05, 0) is 30.3 Å². The second-order valence-electron chi connectivity index (χ2n) is 4.88. The summed E-state index contributed by atoms with van der Waals surface area (Å²) < 4.78 is 56.9. The first-order valence-corrected chi connectivity index (χ1v) is 6.72. The van der Waals surface area contributed by atoms with Crippen molar-refractivity contribution < 1.29 is 42.1 Å². The predicted molar refractivity (Wildman–Crippen MR) is 73.7 cm³/mol. The van der Waals surface area contributed by atoms with Gasteiger partial charge in [0.15, 0.2) is 12.2 Å². The first-order valence-electron chi connectivity index (χ1n) is 6.72. The van der Waals surface area contributed by atoms with Crippen molar-refractivity contribution in [3.63, 3.8) is 0 Å². The number of hydrogen-bond donors (Lipinski definition) is 2. The van der Waals surface area contributed by atoms with Gasteiger partial charge in [0.25, 0.3) is 0 Å². The number of aliphatic hydroxyl groups excluding tert-OH is 2. The second kappa shape index (κ2) is 7.41. The lowest BCUT2D eigenvalue weighted by Gasteiger charge is -2.14. The predicted octanol–water partition coefficient (Wildman–Crippen LogP) is 2.08. The second-order valence-corrected chi connectivity index (χ2v) is 4.88. The fraction of sp³-hybridized carbons (Fsp3) is 0.125. The first-order chi connectivity index (χ1) is 11.7. The van der Waals surface area contributed by atoms with Crippen molar-refractivity contribution in [3.05, 3.63) is 70.8 Å². The van der Waals surface area contributed by atoms with Gasteiger partial charge in [0, 0.05) is 17.2 Å². The lowest BCUT2D eigenvalue weighted by molar-refractivity contribution is -0.172. The largest absolute Gasteiger partial charge is 0.389 e. The van der Waals surface area contributed by atoms with Crippen LogP contribution in [0.4, 0.5) is 17.6 Å². The molecule has 9 heteroatoms. The Balaban J connectivity index is 2.13. The SMILES string of the molecule is O=C(OC(=O)[C@H](O)c1cc(F)ccc1F)[C@H](O)c1ccc(F)cc1F. The third kappa shape index (κ3) is 4.20. The van der Waals surface area contributed by atoms with Crippen molar-refractivity contribution in [1.29, 1.82) is 0 Å². The van der Waals surface area contributed by atoms with E-state index in [1.54, 1.807) is 0 Å². The summed E-state index contributed by atoms with van der Waals surface area (Å²) in [6, 6.07) is 3.80. The minimum atomic E-state index is -2.36. The fourth-order valence-electron chi connectivity index (χ4n) is 1.91. The van der Waals surface area contributed by atoms with Gasteiger partial charge in [0.1, 0.15) is 23.3 Å². The Bertz CT molecular complexity index is 824. The molecule has 2 atom stereocenters. The quantitative estimate of drug-likeness (QED) is 0.497. The van der Waals surface area contributed by atoms with E-state index in [1.165, 1.54) is 0 Å². The molecule has 2 aromatic rings. The van der Waals surface area contributed by atoms with Crippen LogP contribution in [-0.4, -0.2) is 22.2 Å². The molecule has 132 valence electrons. The average molecular weight is 358 g/mol. The van der Waals surface area contributed by atoms with E-state index in [4.69, 9.17) is 0 Å². The number of esters is 2. The molecule has 0 aliphatic heterocycles. The van der Waals surface area contributed by atoms with Gasteiger partial charge in [0.05, 0.1) is 0 Å². The number of carbonyl (C=O) groups is 2. The highest BCUT2D eigenvalue weighted by molar-refractivity contribution is 5.90. The summed E-state index contributed by atoms with van der Waals surface area (Å²) in [5, 5.41) is 19.3. The number of halogens is 4. The number of ether oxygens (including phenoxy) is 1. The van der Waals surface area contributed by atoms with Crippen LogP contribution in [0.1, 0.15) is 23.3 Å². The van der Waals surface area contributed by atoms with Crippen LogP contribution in [0, 0.1) is 23.3 Å². The standard InChI is InChI=1S/C16H10F4O5/c17-7-2-4-11(19)10(5-7)14(22)16(24)25-15(23)13(21)9-3-1-8(18)6-12(9)20/h1-6,13-14,21-22H/t13-,14-/m1/s1. The molecule has 0 aromatic heterocycles. The average Bonchev–Trinajstić information content (AvgIpc) is 2.55. The maximum absolute atomic E-state index is 13.5. The van der Waals surface area contributed by atoms with Crippen molar-refractivity contribution in [2.45, 2.75) is 12.2 Å². The molecule has 0 heterocycles. The van der Waals surface area contributed by atoms with E-state index in [0.717, 1.165) is 18.2 Å². The topological polar surface area (TPSA) is 83.8 Å². The van der Waals surface area contributed by atoms with Crippen LogP contribution < -0.4 is 0 Å². The summed E-state index contributed by atoms with van der Waals surface area (Å²) in [5.41, 5.74) is -1.47. The smallest absolute Gasteiger partial charge is 0.347 e. The van der Waals surface area contributed by atoms with E-state index in [1.807, 2.05) is 0 Å². The van der Waals surface area contributed by atoms with Gasteiger partial charge in [-0.2, -0.15) is 0 Å². The van der Waals surface area contributed by atoms with Gasteiger partial charge in [0.2, 0.25) is 0 Å². The van der Waals surface area contributed by atoms with E-state index in [2.05, 4.69) is 4.74 Å². The molecule has 2 aromatic carbocycles. The molecule has 5 nitrogen and oxygen atoms in total. The van der Waals surface area contributed by atoms with Gasteiger partial charge >= 0.3 is 11.9 Å². The number of carbonyl (C=O) groups excluding carboxylic acids is 2. The summed E-state index contributed by atoms with van der Waals surface area (Å²) in [7, 11) is 0. The fourth-order valence-corrected chi connectivity index (χ4v) is 1.91. The third-order valence-electron chi connectivity index (χ3n) is 3.16. The van der Waals surface area contributed by atoms with Crippen molar-refractivity contribution in [1.82, 2.24) is 0 Å². The number of aliphatic hydroxyl groups is 2. The zero-order valence-corrected chi connectivity index (χ0v) is 12.2. The molecule has 0 spiro atoms. The Labute approximate surface area is 138 Å². The molecule has 0 radical (unpaired) electrons. The lowest BCUT2D eigenvalue weighted by Crippen LogP contribution is -2.25. The monoisotopic (exact) mass is 358 g/mol. The normalized spacial score (nSPS) is 13.2. The molecule has 2 N–H and O–H groups in total.